The van der Waals surface area contributed by atoms with Gasteiger partial charge in [-0.2, -0.15) is 0 Å². The second kappa shape index (κ2) is 7.33. The van der Waals surface area contributed by atoms with Crippen molar-refractivity contribution >= 4 is 6.03 Å². The number of nitrogens with zero attached hydrogens (tertiary/aromatic N) is 3. The van der Waals surface area contributed by atoms with E-state index >= 15 is 0 Å². The molecule has 3 fully saturated rings. The number of rotatable bonds is 4. The molecule has 1 spiro atoms. The van der Waals surface area contributed by atoms with Crippen LogP contribution in [-0.2, 0) is 16.0 Å². The predicted molar refractivity (Wildman–Crippen MR) is 92.0 cm³/mol. The van der Waals surface area contributed by atoms with Gasteiger partial charge in [0.2, 0.25) is 0 Å². The highest BCUT2D eigenvalue weighted by atomic mass is 16.7. The minimum absolute atomic E-state index is 0.0100. The molecule has 2 saturated heterocycles. The molecule has 4 rings (SSSR count). The highest BCUT2D eigenvalue weighted by Crippen LogP contribution is 2.37. The Labute approximate surface area is 148 Å². The number of amides is 2. The molecular weight excluding hydrogens is 320 g/mol. The Kier molecular flexibility index (Phi) is 4.94. The number of ether oxygens (including phenoxy) is 2. The minimum Gasteiger partial charge on any atom is -0.347 e. The summed E-state index contributed by atoms with van der Waals surface area (Å²) in [6, 6.07) is 0.246. The Bertz CT molecular complexity index is 571. The van der Waals surface area contributed by atoms with Gasteiger partial charge in [-0.25, -0.2) is 9.78 Å². The van der Waals surface area contributed by atoms with Crippen LogP contribution in [0.5, 0.6) is 0 Å². The maximum absolute atomic E-state index is 12.6. The molecule has 2 aliphatic heterocycles. The molecule has 0 aromatic carbocycles. The highest BCUT2D eigenvalue weighted by Gasteiger charge is 2.42. The molecule has 7 heteroatoms. The summed E-state index contributed by atoms with van der Waals surface area (Å²) in [7, 11) is 0. The van der Waals surface area contributed by atoms with Gasteiger partial charge in [-0.1, -0.05) is 6.42 Å². The van der Waals surface area contributed by atoms with Gasteiger partial charge in [0.1, 0.15) is 6.10 Å². The van der Waals surface area contributed by atoms with Crippen LogP contribution in [0.2, 0.25) is 0 Å². The quantitative estimate of drug-likeness (QED) is 0.905. The van der Waals surface area contributed by atoms with Gasteiger partial charge in [0.15, 0.2) is 5.79 Å². The third-order valence-corrected chi connectivity index (χ3v) is 5.63. The van der Waals surface area contributed by atoms with E-state index < -0.39 is 0 Å². The lowest BCUT2D eigenvalue weighted by Gasteiger charge is -2.32. The summed E-state index contributed by atoms with van der Waals surface area (Å²) in [5, 5.41) is 3.06. The van der Waals surface area contributed by atoms with Crippen LogP contribution < -0.4 is 5.32 Å². The summed E-state index contributed by atoms with van der Waals surface area (Å²) in [5.41, 5.74) is 0. The van der Waals surface area contributed by atoms with Gasteiger partial charge in [0.05, 0.1) is 19.0 Å². The second-order valence-corrected chi connectivity index (χ2v) is 7.46. The number of likely N-dealkylation sites (tertiary alicyclic amines) is 1. The van der Waals surface area contributed by atoms with E-state index in [4.69, 9.17) is 9.47 Å². The Balaban J connectivity index is 1.26. The molecule has 3 aliphatic rings. The Morgan fingerprint density at radius 2 is 2.16 bits per heavy atom. The molecule has 1 aliphatic carbocycles. The lowest BCUT2D eigenvalue weighted by molar-refractivity contribution is -0.186. The molecule has 3 heterocycles. The first kappa shape index (κ1) is 16.8. The summed E-state index contributed by atoms with van der Waals surface area (Å²) in [6.45, 7) is 2.73. The molecule has 1 N–H and O–H groups in total. The lowest BCUT2D eigenvalue weighted by atomic mass is 9.94. The number of carbonyl (C=O) groups excluding carboxylic acids is 1. The fourth-order valence-corrected chi connectivity index (χ4v) is 4.30. The molecule has 1 saturated carbocycles. The van der Waals surface area contributed by atoms with Crippen molar-refractivity contribution in [1.29, 1.82) is 0 Å². The van der Waals surface area contributed by atoms with Crippen molar-refractivity contribution in [2.75, 3.05) is 19.7 Å². The molecule has 1 aromatic rings. The van der Waals surface area contributed by atoms with Crippen LogP contribution in [0.4, 0.5) is 4.79 Å². The third kappa shape index (κ3) is 3.82. The normalized spacial score (nSPS) is 28.6. The van der Waals surface area contributed by atoms with Crippen LogP contribution >= 0.6 is 0 Å². The molecule has 7 nitrogen and oxygen atoms in total. The third-order valence-electron chi connectivity index (χ3n) is 5.63. The Morgan fingerprint density at radius 3 is 2.96 bits per heavy atom. The highest BCUT2D eigenvalue weighted by molar-refractivity contribution is 5.74. The fraction of sp³-hybridized carbons (Fsp3) is 0.778. The topological polar surface area (TPSA) is 68.6 Å². The molecule has 0 radical (unpaired) electrons. The van der Waals surface area contributed by atoms with Crippen LogP contribution in [-0.4, -0.2) is 58.1 Å². The van der Waals surface area contributed by atoms with Gasteiger partial charge in [-0.15, -0.1) is 0 Å². The SMILES string of the molecule is O=C(NCC1COC2(CCCCC2)O1)N1CCCC1Cn1ccnc1. The number of urea groups is 1. The van der Waals surface area contributed by atoms with Crippen molar-refractivity contribution in [3.63, 3.8) is 0 Å². The summed E-state index contributed by atoms with van der Waals surface area (Å²) in [6.07, 6.45) is 13.2. The predicted octanol–water partition coefficient (Wildman–Crippen LogP) is 2.13. The van der Waals surface area contributed by atoms with Crippen molar-refractivity contribution < 1.29 is 14.3 Å². The van der Waals surface area contributed by atoms with Crippen molar-refractivity contribution in [3.8, 4) is 0 Å². The van der Waals surface area contributed by atoms with Gasteiger partial charge in [0.25, 0.3) is 0 Å². The molecule has 2 unspecified atom stereocenters. The van der Waals surface area contributed by atoms with Gasteiger partial charge in [-0.3, -0.25) is 0 Å². The van der Waals surface area contributed by atoms with E-state index in [1.54, 1.807) is 6.20 Å². The van der Waals surface area contributed by atoms with Crippen molar-refractivity contribution in [2.45, 2.75) is 69.4 Å². The first-order chi connectivity index (χ1) is 12.2. The zero-order valence-corrected chi connectivity index (χ0v) is 14.7. The average molecular weight is 348 g/mol. The molecule has 25 heavy (non-hydrogen) atoms. The molecular formula is C18H28N4O3. The average Bonchev–Trinajstić information content (AvgIpc) is 3.36. The number of nitrogens with one attached hydrogen (secondary N) is 1. The van der Waals surface area contributed by atoms with Crippen molar-refractivity contribution in [3.05, 3.63) is 18.7 Å². The van der Waals surface area contributed by atoms with Crippen LogP contribution in [0.3, 0.4) is 0 Å². The van der Waals surface area contributed by atoms with Crippen LogP contribution in [0.15, 0.2) is 18.7 Å². The van der Waals surface area contributed by atoms with E-state index in [2.05, 4.69) is 10.3 Å². The maximum Gasteiger partial charge on any atom is 0.317 e. The monoisotopic (exact) mass is 348 g/mol. The Morgan fingerprint density at radius 1 is 1.28 bits per heavy atom. The number of carbonyl (C=O) groups is 1. The van der Waals surface area contributed by atoms with Crippen molar-refractivity contribution in [1.82, 2.24) is 19.8 Å². The van der Waals surface area contributed by atoms with E-state index in [1.807, 2.05) is 22.0 Å². The summed E-state index contributed by atoms with van der Waals surface area (Å²) < 4.78 is 14.1. The van der Waals surface area contributed by atoms with Gasteiger partial charge in [-0.05, 0) is 25.7 Å². The number of hydrogen-bond acceptors (Lipinski definition) is 4. The standard InChI is InChI=1S/C18H28N4O3/c23-17(22-9-4-5-15(22)12-21-10-8-19-14-21)20-11-16-13-24-18(25-16)6-2-1-3-7-18/h8,10,14-16H,1-7,9,11-13H2,(H,20,23). The van der Waals surface area contributed by atoms with E-state index in [9.17, 15) is 4.79 Å². The molecule has 1 aromatic heterocycles. The van der Waals surface area contributed by atoms with Crippen LogP contribution in [0, 0.1) is 0 Å². The zero-order chi connectivity index (χ0) is 17.1. The lowest BCUT2D eigenvalue weighted by Crippen LogP contribution is -2.46. The van der Waals surface area contributed by atoms with E-state index in [-0.39, 0.29) is 24.0 Å². The van der Waals surface area contributed by atoms with Crippen LogP contribution in [0.25, 0.3) is 0 Å². The molecule has 138 valence electrons. The molecule has 0 bridgehead atoms. The van der Waals surface area contributed by atoms with E-state index in [1.165, 1.54) is 19.3 Å². The van der Waals surface area contributed by atoms with Gasteiger partial charge >= 0.3 is 6.03 Å². The summed E-state index contributed by atoms with van der Waals surface area (Å²) in [4.78, 5) is 18.6. The summed E-state index contributed by atoms with van der Waals surface area (Å²) in [5.74, 6) is -0.370. The first-order valence-corrected chi connectivity index (χ1v) is 9.56. The van der Waals surface area contributed by atoms with Gasteiger partial charge in [0, 0.05) is 44.9 Å². The summed E-state index contributed by atoms with van der Waals surface area (Å²) >= 11 is 0. The number of hydrogen-bond donors (Lipinski definition) is 1. The molecule has 2 atom stereocenters. The maximum atomic E-state index is 12.6. The number of aromatic nitrogens is 2. The minimum atomic E-state index is -0.370. The number of imidazole rings is 1. The fourth-order valence-electron chi connectivity index (χ4n) is 4.30. The Hall–Kier alpha value is -1.60. The van der Waals surface area contributed by atoms with E-state index in [0.717, 1.165) is 38.8 Å². The van der Waals surface area contributed by atoms with Crippen LogP contribution in [0.1, 0.15) is 44.9 Å². The largest absolute Gasteiger partial charge is 0.347 e. The van der Waals surface area contributed by atoms with Crippen molar-refractivity contribution in [2.24, 2.45) is 0 Å². The van der Waals surface area contributed by atoms with Gasteiger partial charge < -0.3 is 24.3 Å². The smallest absolute Gasteiger partial charge is 0.317 e. The first-order valence-electron chi connectivity index (χ1n) is 9.56. The van der Waals surface area contributed by atoms with E-state index in [0.29, 0.717) is 13.2 Å². The second-order valence-electron chi connectivity index (χ2n) is 7.46. The zero-order valence-electron chi connectivity index (χ0n) is 14.7. The molecule has 2 amide bonds.